The minimum absolute atomic E-state index is 0. The topological polar surface area (TPSA) is 88.1 Å². The number of guanidine groups is 1. The van der Waals surface area contributed by atoms with Crippen LogP contribution in [0, 0.1) is 5.92 Å². The van der Waals surface area contributed by atoms with Gasteiger partial charge in [-0.2, -0.15) is 0 Å². The third-order valence-electron chi connectivity index (χ3n) is 3.30. The molecule has 0 aliphatic carbocycles. The Bertz CT molecular complexity index is 459. The van der Waals surface area contributed by atoms with Crippen LogP contribution in [0.1, 0.15) is 12.8 Å². The number of likely N-dealkylation sites (tertiary alicyclic amines) is 1. The number of hydrogen-bond acceptors (Lipinski definition) is 5. The molecular weight excluding hydrogens is 409 g/mol. The van der Waals surface area contributed by atoms with Crippen LogP contribution in [0.25, 0.3) is 0 Å². The van der Waals surface area contributed by atoms with Crippen LogP contribution in [0.5, 0.6) is 0 Å². The smallest absolute Gasteiger partial charge is 0.308 e. The summed E-state index contributed by atoms with van der Waals surface area (Å²) in [6, 6.07) is 0. The molecule has 1 heterocycles. The molecule has 0 spiro atoms. The van der Waals surface area contributed by atoms with Crippen molar-refractivity contribution in [3.8, 4) is 0 Å². The van der Waals surface area contributed by atoms with Crippen LogP contribution < -0.4 is 5.32 Å². The number of methoxy groups -OCH3 is 1. The first-order valence-electron chi connectivity index (χ1n) is 6.58. The molecule has 1 aliphatic heterocycles. The zero-order valence-corrected chi connectivity index (χ0v) is 15.8. The van der Waals surface area contributed by atoms with Gasteiger partial charge in [-0.15, -0.1) is 24.0 Å². The number of halogens is 1. The fraction of sp³-hybridized carbons (Fsp3) is 0.833. The second-order valence-corrected chi connectivity index (χ2v) is 7.15. The minimum atomic E-state index is -2.98. The van der Waals surface area contributed by atoms with Crippen LogP contribution in [0.2, 0.25) is 0 Å². The quantitative estimate of drug-likeness (QED) is 0.293. The molecule has 0 saturated carbocycles. The summed E-state index contributed by atoms with van der Waals surface area (Å²) >= 11 is 0. The van der Waals surface area contributed by atoms with E-state index < -0.39 is 9.84 Å². The van der Waals surface area contributed by atoms with Crippen LogP contribution in [-0.4, -0.2) is 71.0 Å². The van der Waals surface area contributed by atoms with Crippen LogP contribution in [0.4, 0.5) is 0 Å². The van der Waals surface area contributed by atoms with Gasteiger partial charge in [0, 0.05) is 32.9 Å². The average molecular weight is 433 g/mol. The maximum absolute atomic E-state index is 11.4. The van der Waals surface area contributed by atoms with Gasteiger partial charge in [-0.1, -0.05) is 0 Å². The lowest BCUT2D eigenvalue weighted by Crippen LogP contribution is -2.47. The first kappa shape index (κ1) is 20.4. The van der Waals surface area contributed by atoms with Gasteiger partial charge in [-0.05, 0) is 12.8 Å². The zero-order chi connectivity index (χ0) is 15.2. The Morgan fingerprint density at radius 2 is 1.95 bits per heavy atom. The molecule has 0 bridgehead atoms. The molecule has 7 nitrogen and oxygen atoms in total. The molecule has 1 N–H and O–H groups in total. The summed E-state index contributed by atoms with van der Waals surface area (Å²) in [5, 5.41) is 3.03. The van der Waals surface area contributed by atoms with Gasteiger partial charge < -0.3 is 15.0 Å². The highest BCUT2D eigenvalue weighted by Crippen LogP contribution is 2.18. The van der Waals surface area contributed by atoms with Crippen LogP contribution in [0.15, 0.2) is 4.99 Å². The molecule has 124 valence electrons. The van der Waals surface area contributed by atoms with Gasteiger partial charge in [0.25, 0.3) is 0 Å². The summed E-state index contributed by atoms with van der Waals surface area (Å²) < 4.78 is 26.9. The first-order chi connectivity index (χ1) is 9.37. The molecule has 0 aromatic heterocycles. The van der Waals surface area contributed by atoms with E-state index in [0.29, 0.717) is 25.6 Å². The maximum atomic E-state index is 11.4. The summed E-state index contributed by atoms with van der Waals surface area (Å²) in [7, 11) is 0.0857. The van der Waals surface area contributed by atoms with E-state index in [1.807, 2.05) is 4.90 Å². The summed E-state index contributed by atoms with van der Waals surface area (Å²) in [6.45, 7) is 1.75. The van der Waals surface area contributed by atoms with E-state index in [0.717, 1.165) is 12.8 Å². The summed E-state index contributed by atoms with van der Waals surface area (Å²) in [5.41, 5.74) is 0. The van der Waals surface area contributed by atoms with Gasteiger partial charge in [-0.25, -0.2) is 8.42 Å². The summed E-state index contributed by atoms with van der Waals surface area (Å²) in [5.74, 6) is 0.539. The SMILES string of the molecule is CN=C(NCCS(C)(=O)=O)N1CCC(C(=O)OC)CC1.I. The highest BCUT2D eigenvalue weighted by Gasteiger charge is 2.26. The van der Waals surface area contributed by atoms with Crippen molar-refractivity contribution < 1.29 is 17.9 Å². The molecule has 0 atom stereocenters. The molecule has 0 unspecified atom stereocenters. The Morgan fingerprint density at radius 3 is 2.38 bits per heavy atom. The number of nitrogens with one attached hydrogen (secondary N) is 1. The number of esters is 1. The molecule has 1 rings (SSSR count). The van der Waals surface area contributed by atoms with Crippen LogP contribution >= 0.6 is 24.0 Å². The Labute approximate surface area is 143 Å². The van der Waals surface area contributed by atoms with Crippen molar-refractivity contribution >= 4 is 45.7 Å². The lowest BCUT2D eigenvalue weighted by Gasteiger charge is -2.33. The van der Waals surface area contributed by atoms with E-state index in [1.54, 1.807) is 7.05 Å². The third kappa shape index (κ3) is 7.30. The lowest BCUT2D eigenvalue weighted by atomic mass is 9.97. The molecule has 1 saturated heterocycles. The highest BCUT2D eigenvalue weighted by atomic mass is 127. The molecule has 21 heavy (non-hydrogen) atoms. The van der Waals surface area contributed by atoms with E-state index in [9.17, 15) is 13.2 Å². The predicted octanol–water partition coefficient (Wildman–Crippen LogP) is 0.109. The van der Waals surface area contributed by atoms with Gasteiger partial charge in [0.2, 0.25) is 0 Å². The Balaban J connectivity index is 0.00000400. The fourth-order valence-electron chi connectivity index (χ4n) is 2.17. The van der Waals surface area contributed by atoms with E-state index in [-0.39, 0.29) is 41.6 Å². The molecule has 0 aromatic carbocycles. The van der Waals surface area contributed by atoms with Gasteiger partial charge in [0.05, 0.1) is 18.8 Å². The van der Waals surface area contributed by atoms with Crippen molar-refractivity contribution in [1.82, 2.24) is 10.2 Å². The van der Waals surface area contributed by atoms with Crippen molar-refractivity contribution in [3.63, 3.8) is 0 Å². The van der Waals surface area contributed by atoms with Crippen molar-refractivity contribution in [1.29, 1.82) is 0 Å². The third-order valence-corrected chi connectivity index (χ3v) is 4.24. The van der Waals surface area contributed by atoms with Crippen molar-refractivity contribution in [2.24, 2.45) is 10.9 Å². The monoisotopic (exact) mass is 433 g/mol. The number of ether oxygens (including phenoxy) is 1. The number of aliphatic imine (C=N–C) groups is 1. The number of nitrogens with zero attached hydrogens (tertiary/aromatic N) is 2. The largest absolute Gasteiger partial charge is 0.469 e. The van der Waals surface area contributed by atoms with Crippen molar-refractivity contribution in [2.75, 3.05) is 45.8 Å². The maximum Gasteiger partial charge on any atom is 0.308 e. The number of sulfone groups is 1. The van der Waals surface area contributed by atoms with E-state index in [2.05, 4.69) is 10.3 Å². The molecule has 9 heteroatoms. The standard InChI is InChI=1S/C12H23N3O4S.HI/c1-13-12(14-6-9-20(3,17)18)15-7-4-10(5-8-15)11(16)19-2;/h10H,4-9H2,1-3H3,(H,13,14);1H. The predicted molar refractivity (Wildman–Crippen MR) is 92.8 cm³/mol. The van der Waals surface area contributed by atoms with Crippen molar-refractivity contribution in [2.45, 2.75) is 12.8 Å². The zero-order valence-electron chi connectivity index (χ0n) is 12.7. The fourth-order valence-corrected chi connectivity index (χ4v) is 2.65. The number of piperidine rings is 1. The number of carbonyl (C=O) groups excluding carboxylic acids is 1. The normalized spacial score (nSPS) is 17.1. The van der Waals surface area contributed by atoms with E-state index >= 15 is 0 Å². The number of rotatable bonds is 4. The van der Waals surface area contributed by atoms with E-state index in [4.69, 9.17) is 4.74 Å². The lowest BCUT2D eigenvalue weighted by molar-refractivity contribution is -0.146. The molecule has 1 fully saturated rings. The molecule has 1 aliphatic rings. The molecule has 0 radical (unpaired) electrons. The number of carbonyl (C=O) groups is 1. The minimum Gasteiger partial charge on any atom is -0.469 e. The van der Waals surface area contributed by atoms with Crippen LogP contribution in [0.3, 0.4) is 0 Å². The molecule has 0 aromatic rings. The Morgan fingerprint density at radius 1 is 1.38 bits per heavy atom. The molecule has 0 amide bonds. The van der Waals surface area contributed by atoms with Crippen molar-refractivity contribution in [3.05, 3.63) is 0 Å². The second-order valence-electron chi connectivity index (χ2n) is 4.89. The van der Waals surface area contributed by atoms with Gasteiger partial charge >= 0.3 is 5.97 Å². The van der Waals surface area contributed by atoms with Crippen LogP contribution in [-0.2, 0) is 19.4 Å². The van der Waals surface area contributed by atoms with Gasteiger partial charge in [0.1, 0.15) is 9.84 Å². The Hall–Kier alpha value is -0.580. The summed E-state index contributed by atoms with van der Waals surface area (Å²) in [6.07, 6.45) is 2.65. The van der Waals surface area contributed by atoms with E-state index in [1.165, 1.54) is 13.4 Å². The average Bonchev–Trinajstić information content (AvgIpc) is 2.42. The Kier molecular flexibility index (Phi) is 9.18. The second kappa shape index (κ2) is 9.44. The highest BCUT2D eigenvalue weighted by molar-refractivity contribution is 14.0. The summed E-state index contributed by atoms with van der Waals surface area (Å²) in [4.78, 5) is 17.6. The van der Waals surface area contributed by atoms with Gasteiger partial charge in [-0.3, -0.25) is 9.79 Å². The molecular formula is C12H24IN3O4S. The first-order valence-corrected chi connectivity index (χ1v) is 8.64. The number of hydrogen-bond donors (Lipinski definition) is 1. The van der Waals surface area contributed by atoms with Gasteiger partial charge in [0.15, 0.2) is 5.96 Å².